The maximum Gasteiger partial charge on any atom is 2.00 e. The van der Waals surface area contributed by atoms with Gasteiger partial charge in [0.05, 0.1) is 0 Å². The Labute approximate surface area is 102 Å². The number of para-hydroxylation sites is 2. The molecule has 0 saturated heterocycles. The van der Waals surface area contributed by atoms with Crippen molar-refractivity contribution in [3.8, 4) is 11.5 Å². The second-order valence-electron chi connectivity index (χ2n) is 2.63. The van der Waals surface area contributed by atoms with Crippen LogP contribution in [0.2, 0.25) is 0 Å². The summed E-state index contributed by atoms with van der Waals surface area (Å²) in [5, 5.41) is 20.5. The van der Waals surface area contributed by atoms with E-state index >= 15 is 0 Å². The molecule has 2 aromatic rings. The molecule has 0 fully saturated rings. The monoisotopic (exact) mass is 289 g/mol. The van der Waals surface area contributed by atoms with Crippen molar-refractivity contribution in [2.45, 2.75) is 0 Å². The van der Waals surface area contributed by atoms with Crippen LogP contribution in [0.3, 0.4) is 0 Å². The van der Waals surface area contributed by atoms with E-state index in [0.717, 1.165) is 0 Å². The van der Waals surface area contributed by atoms with E-state index in [-0.39, 0.29) is 31.0 Å². The Hall–Kier alpha value is -1.34. The Morgan fingerprint density at radius 1 is 0.533 bits per heavy atom. The molecule has 0 aliphatic heterocycles. The third-order valence-electron chi connectivity index (χ3n) is 1.49. The standard InChI is InChI=1S/2C6H6O.Rh/c2*7-6-4-2-1-3-5-6;/h2*1-5,7H;/q;;+2/p-2. The van der Waals surface area contributed by atoms with E-state index in [1.54, 1.807) is 24.3 Å². The van der Waals surface area contributed by atoms with Crippen LogP contribution >= 0.6 is 0 Å². The summed E-state index contributed by atoms with van der Waals surface area (Å²) in [6.45, 7) is 0. The molecule has 0 saturated carbocycles. The first-order valence-electron chi connectivity index (χ1n) is 4.23. The second-order valence-corrected chi connectivity index (χ2v) is 2.63. The van der Waals surface area contributed by atoms with Gasteiger partial charge in [0.15, 0.2) is 0 Å². The maximum atomic E-state index is 10.3. The predicted molar refractivity (Wildman–Crippen MR) is 51.8 cm³/mol. The Morgan fingerprint density at radius 2 is 0.800 bits per heavy atom. The molecule has 0 aromatic heterocycles. The van der Waals surface area contributed by atoms with Gasteiger partial charge in [-0.3, -0.25) is 0 Å². The fourth-order valence-electron chi connectivity index (χ4n) is 0.841. The van der Waals surface area contributed by atoms with Crippen LogP contribution in [-0.4, -0.2) is 0 Å². The summed E-state index contributed by atoms with van der Waals surface area (Å²) in [6, 6.07) is 16.7. The number of benzene rings is 2. The van der Waals surface area contributed by atoms with Crippen molar-refractivity contribution in [1.29, 1.82) is 0 Å². The summed E-state index contributed by atoms with van der Waals surface area (Å²) in [7, 11) is 0. The molecule has 0 heterocycles. The van der Waals surface area contributed by atoms with Crippen LogP contribution < -0.4 is 10.2 Å². The first-order valence-corrected chi connectivity index (χ1v) is 4.23. The van der Waals surface area contributed by atoms with Gasteiger partial charge in [-0.15, -0.1) is 11.5 Å². The van der Waals surface area contributed by atoms with Gasteiger partial charge in [-0.05, 0) is 0 Å². The molecule has 0 bridgehead atoms. The molecule has 15 heavy (non-hydrogen) atoms. The Kier molecular flexibility index (Phi) is 7.30. The number of rotatable bonds is 0. The molecule has 2 aromatic carbocycles. The summed E-state index contributed by atoms with van der Waals surface area (Å²) >= 11 is 0. The van der Waals surface area contributed by atoms with Gasteiger partial charge in [0.1, 0.15) is 0 Å². The minimum atomic E-state index is 0. The summed E-state index contributed by atoms with van der Waals surface area (Å²) in [5.74, 6) is 0.144. The average molecular weight is 289 g/mol. The normalized spacial score (nSPS) is 8.00. The SMILES string of the molecule is [O-]c1ccccc1.[O-]c1ccccc1.[Rh+2]. The molecular weight excluding hydrogens is 279 g/mol. The zero-order valence-electron chi connectivity index (χ0n) is 7.92. The van der Waals surface area contributed by atoms with Crippen molar-refractivity contribution in [3.05, 3.63) is 60.7 Å². The van der Waals surface area contributed by atoms with Crippen molar-refractivity contribution >= 4 is 0 Å². The second kappa shape index (κ2) is 8.01. The zero-order valence-corrected chi connectivity index (χ0v) is 9.56. The first-order chi connectivity index (χ1) is 6.79. The van der Waals surface area contributed by atoms with E-state index in [4.69, 9.17) is 0 Å². The summed E-state index contributed by atoms with van der Waals surface area (Å²) < 4.78 is 0. The minimum absolute atomic E-state index is 0. The van der Waals surface area contributed by atoms with Crippen molar-refractivity contribution in [2.75, 3.05) is 0 Å². The van der Waals surface area contributed by atoms with Crippen LogP contribution in [0.4, 0.5) is 0 Å². The van der Waals surface area contributed by atoms with E-state index in [9.17, 15) is 10.2 Å². The van der Waals surface area contributed by atoms with E-state index in [1.807, 2.05) is 12.1 Å². The van der Waals surface area contributed by atoms with E-state index in [1.165, 1.54) is 24.3 Å². The van der Waals surface area contributed by atoms with Gasteiger partial charge in [-0.25, -0.2) is 0 Å². The molecule has 1 radical (unpaired) electrons. The topological polar surface area (TPSA) is 46.1 Å². The Morgan fingerprint density at radius 3 is 0.933 bits per heavy atom. The van der Waals surface area contributed by atoms with Gasteiger partial charge in [-0.2, -0.15) is 0 Å². The van der Waals surface area contributed by atoms with Crippen molar-refractivity contribution in [1.82, 2.24) is 0 Å². The van der Waals surface area contributed by atoms with Gasteiger partial charge in [0.2, 0.25) is 0 Å². The van der Waals surface area contributed by atoms with Gasteiger partial charge in [0, 0.05) is 0 Å². The fraction of sp³-hybridized carbons (Fsp3) is 0. The molecule has 79 valence electrons. The molecule has 3 heteroatoms. The maximum absolute atomic E-state index is 10.3. The molecule has 0 spiro atoms. The quantitative estimate of drug-likeness (QED) is 0.690. The number of hydrogen-bond acceptors (Lipinski definition) is 2. The van der Waals surface area contributed by atoms with Crippen molar-refractivity contribution < 1.29 is 29.7 Å². The first kappa shape index (κ1) is 13.7. The van der Waals surface area contributed by atoms with Crippen LogP contribution in [0.1, 0.15) is 0 Å². The average Bonchev–Trinajstić information content (AvgIpc) is 2.21. The van der Waals surface area contributed by atoms with Crippen LogP contribution in [0.15, 0.2) is 60.7 Å². The van der Waals surface area contributed by atoms with Gasteiger partial charge < -0.3 is 10.2 Å². The third-order valence-corrected chi connectivity index (χ3v) is 1.49. The number of hydrogen-bond donors (Lipinski definition) is 0. The van der Waals surface area contributed by atoms with Gasteiger partial charge in [-0.1, -0.05) is 60.7 Å². The molecule has 0 atom stereocenters. The van der Waals surface area contributed by atoms with E-state index in [2.05, 4.69) is 0 Å². The minimum Gasteiger partial charge on any atom is -0.872 e. The van der Waals surface area contributed by atoms with E-state index < -0.39 is 0 Å². The summed E-state index contributed by atoms with van der Waals surface area (Å²) in [5.41, 5.74) is 0. The van der Waals surface area contributed by atoms with Crippen molar-refractivity contribution in [3.63, 3.8) is 0 Å². The molecule has 0 unspecified atom stereocenters. The Bertz CT molecular complexity index is 311. The Balaban J connectivity index is 0.000000245. The fourth-order valence-corrected chi connectivity index (χ4v) is 0.841. The molecule has 0 aliphatic rings. The van der Waals surface area contributed by atoms with Crippen LogP contribution in [0, 0.1) is 0 Å². The van der Waals surface area contributed by atoms with Crippen molar-refractivity contribution in [2.24, 2.45) is 0 Å². The summed E-state index contributed by atoms with van der Waals surface area (Å²) in [4.78, 5) is 0. The largest absolute Gasteiger partial charge is 2.00 e. The molecule has 2 rings (SSSR count). The van der Waals surface area contributed by atoms with Gasteiger partial charge in [0.25, 0.3) is 0 Å². The molecule has 2 nitrogen and oxygen atoms in total. The molecular formula is C12H10O2Rh. The smallest absolute Gasteiger partial charge is 0.872 e. The zero-order chi connectivity index (χ0) is 10.2. The van der Waals surface area contributed by atoms with Crippen LogP contribution in [0.25, 0.3) is 0 Å². The van der Waals surface area contributed by atoms with Crippen LogP contribution in [0.5, 0.6) is 11.5 Å². The molecule has 0 amide bonds. The summed E-state index contributed by atoms with van der Waals surface area (Å²) in [6.07, 6.45) is 0. The molecule has 0 aliphatic carbocycles. The van der Waals surface area contributed by atoms with Gasteiger partial charge >= 0.3 is 19.5 Å². The van der Waals surface area contributed by atoms with E-state index in [0.29, 0.717) is 0 Å². The molecule has 0 N–H and O–H groups in total. The predicted octanol–water partition coefficient (Wildman–Crippen LogP) is 1.52. The van der Waals surface area contributed by atoms with Crippen LogP contribution in [-0.2, 0) is 19.5 Å². The third kappa shape index (κ3) is 6.70.